The Morgan fingerprint density at radius 3 is 1.19 bits per heavy atom. The summed E-state index contributed by atoms with van der Waals surface area (Å²) in [7, 11) is 3.13. The summed E-state index contributed by atoms with van der Waals surface area (Å²) in [6, 6.07) is 28.8. The van der Waals surface area contributed by atoms with E-state index in [2.05, 4.69) is 10.2 Å². The van der Waals surface area contributed by atoms with E-state index in [0.717, 1.165) is 37.1 Å². The van der Waals surface area contributed by atoms with Crippen LogP contribution in [0.15, 0.2) is 97.1 Å². The van der Waals surface area contributed by atoms with E-state index in [4.69, 9.17) is 15.2 Å². The number of benzene rings is 4. The summed E-state index contributed by atoms with van der Waals surface area (Å²) < 4.78 is 13.3. The molecule has 4 aromatic carbocycles. The molecule has 0 bridgehead atoms. The molecular formula is C50H49N9O9. The van der Waals surface area contributed by atoms with Crippen molar-refractivity contribution >= 4 is 58.3 Å². The average Bonchev–Trinajstić information content (AvgIpc) is 3.97. The zero-order valence-electron chi connectivity index (χ0n) is 37.6. The maximum atomic E-state index is 13.6. The SMILES string of the molecule is COc1ccc(-n2nc(C(=O)O)c3c2C(=O)N(c2ccc(N4CCCCC4=O)cc2)CC3)cc1.COc1ccc(-n2nc(C(N)=O)c3c2C(=O)N(c2ccc(N4CCCCC4=O)cc2)CC3)cc1. The van der Waals surface area contributed by atoms with Crippen LogP contribution in [0, 0.1) is 0 Å². The lowest BCUT2D eigenvalue weighted by Gasteiger charge is -2.29. The van der Waals surface area contributed by atoms with Crippen LogP contribution in [0.25, 0.3) is 11.4 Å². The smallest absolute Gasteiger partial charge is 0.356 e. The lowest BCUT2D eigenvalue weighted by atomic mass is 10.0. The van der Waals surface area contributed by atoms with Crippen LogP contribution in [0.1, 0.15) is 91.6 Å². The third kappa shape index (κ3) is 8.51. The molecule has 0 aliphatic carbocycles. The van der Waals surface area contributed by atoms with Crippen LogP contribution >= 0.6 is 0 Å². The Morgan fingerprint density at radius 1 is 0.485 bits per heavy atom. The zero-order chi connectivity index (χ0) is 47.6. The van der Waals surface area contributed by atoms with Gasteiger partial charge >= 0.3 is 5.97 Å². The lowest BCUT2D eigenvalue weighted by molar-refractivity contribution is -0.120. The second-order valence-corrected chi connectivity index (χ2v) is 16.7. The van der Waals surface area contributed by atoms with Gasteiger partial charge < -0.3 is 39.9 Å². The molecule has 0 saturated carbocycles. The third-order valence-electron chi connectivity index (χ3n) is 12.7. The number of hydrogen-bond acceptors (Lipinski definition) is 10. The molecule has 18 heteroatoms. The molecule has 4 aliphatic heterocycles. The quantitative estimate of drug-likeness (QED) is 0.163. The highest BCUT2D eigenvalue weighted by molar-refractivity contribution is 6.10. The van der Waals surface area contributed by atoms with Crippen molar-refractivity contribution in [3.63, 3.8) is 0 Å². The molecule has 5 amide bonds. The van der Waals surface area contributed by atoms with Gasteiger partial charge in [-0.1, -0.05) is 0 Å². The number of methoxy groups -OCH3 is 2. The van der Waals surface area contributed by atoms with Crippen molar-refractivity contribution in [3.8, 4) is 22.9 Å². The predicted molar refractivity (Wildman–Crippen MR) is 252 cm³/mol. The summed E-state index contributed by atoms with van der Waals surface area (Å²) in [6.07, 6.45) is 5.72. The summed E-state index contributed by atoms with van der Waals surface area (Å²) in [6.45, 7) is 2.13. The van der Waals surface area contributed by atoms with Crippen LogP contribution < -0.4 is 34.8 Å². The molecule has 2 aromatic heterocycles. The number of hydrogen-bond donors (Lipinski definition) is 2. The number of anilines is 4. The van der Waals surface area contributed by atoms with E-state index in [1.54, 1.807) is 82.4 Å². The topological polar surface area (TPSA) is 216 Å². The van der Waals surface area contributed by atoms with E-state index in [-0.39, 0.29) is 40.7 Å². The first-order valence-corrected chi connectivity index (χ1v) is 22.5. The maximum Gasteiger partial charge on any atom is 0.356 e. The maximum absolute atomic E-state index is 13.6. The summed E-state index contributed by atoms with van der Waals surface area (Å²) in [5, 5.41) is 18.3. The van der Waals surface area contributed by atoms with Gasteiger partial charge in [0, 0.05) is 72.9 Å². The number of aromatic nitrogens is 4. The first kappa shape index (κ1) is 44.9. The van der Waals surface area contributed by atoms with E-state index in [1.807, 2.05) is 48.5 Å². The molecule has 2 fully saturated rings. The van der Waals surface area contributed by atoms with Gasteiger partial charge in [0.15, 0.2) is 11.4 Å². The second-order valence-electron chi connectivity index (χ2n) is 16.7. The molecule has 6 aromatic rings. The summed E-state index contributed by atoms with van der Waals surface area (Å²) >= 11 is 0. The fourth-order valence-electron chi connectivity index (χ4n) is 9.19. The molecule has 10 rings (SSSR count). The van der Waals surface area contributed by atoms with Gasteiger partial charge in [-0.3, -0.25) is 24.0 Å². The van der Waals surface area contributed by atoms with Crippen molar-refractivity contribution in [2.24, 2.45) is 5.73 Å². The monoisotopic (exact) mass is 919 g/mol. The van der Waals surface area contributed by atoms with Gasteiger partial charge in [-0.15, -0.1) is 0 Å². The van der Waals surface area contributed by atoms with Crippen molar-refractivity contribution in [3.05, 3.63) is 131 Å². The fourth-order valence-corrected chi connectivity index (χ4v) is 9.19. The van der Waals surface area contributed by atoms with Gasteiger partial charge in [-0.05, 0) is 136 Å². The predicted octanol–water partition coefficient (Wildman–Crippen LogP) is 6.00. The highest BCUT2D eigenvalue weighted by Gasteiger charge is 2.37. The first-order valence-electron chi connectivity index (χ1n) is 22.5. The van der Waals surface area contributed by atoms with Gasteiger partial charge in [0.05, 0.1) is 25.6 Å². The molecule has 6 heterocycles. The molecule has 2 saturated heterocycles. The molecular weight excluding hydrogens is 871 g/mol. The standard InChI is InChI=1S/C25H25N5O4.C25H24N4O5/c1-34-19-11-9-18(10-12-19)30-23-20(22(27-30)24(26)32)13-15-29(25(23)33)17-7-5-16(6-8-17)28-14-3-2-4-21(28)31;1-34-19-11-9-18(10-12-19)29-23-20(22(26-29)25(32)33)13-15-28(24(23)31)17-7-5-16(6-8-17)27-14-3-2-4-21(27)30/h5-12H,2-4,13-15H2,1H3,(H2,26,32);5-12H,2-4,13-15H2,1H3,(H,32,33). The van der Waals surface area contributed by atoms with E-state index >= 15 is 0 Å². The molecule has 18 nitrogen and oxygen atoms in total. The highest BCUT2D eigenvalue weighted by atomic mass is 16.5. The number of fused-ring (bicyclic) bond motifs is 2. The number of carboxylic acid groups (broad SMARTS) is 1. The minimum Gasteiger partial charge on any atom is -0.497 e. The number of aromatic carboxylic acids is 1. The number of primary amides is 1. The Morgan fingerprint density at radius 2 is 0.838 bits per heavy atom. The second kappa shape index (κ2) is 18.9. The Bertz CT molecular complexity index is 2730. The number of nitrogens with zero attached hydrogens (tertiary/aromatic N) is 8. The minimum atomic E-state index is -1.17. The summed E-state index contributed by atoms with van der Waals surface area (Å²) in [5.41, 5.74) is 11.4. The van der Waals surface area contributed by atoms with Crippen LogP contribution in [-0.4, -0.2) is 101 Å². The molecule has 4 aliphatic rings. The van der Waals surface area contributed by atoms with E-state index in [1.165, 1.54) is 9.36 Å². The normalized spacial score (nSPS) is 15.9. The molecule has 0 atom stereocenters. The van der Waals surface area contributed by atoms with E-state index in [0.29, 0.717) is 103 Å². The van der Waals surface area contributed by atoms with Gasteiger partial charge in [0.2, 0.25) is 11.8 Å². The number of ether oxygens (including phenoxy) is 2. The average molecular weight is 920 g/mol. The Hall–Kier alpha value is -8.28. The Balaban J connectivity index is 0.000000170. The Labute approximate surface area is 391 Å². The van der Waals surface area contributed by atoms with E-state index in [9.17, 15) is 33.9 Å². The number of carboxylic acids is 1. The lowest BCUT2D eigenvalue weighted by Crippen LogP contribution is -2.39. The Kier molecular flexibility index (Phi) is 12.5. The molecule has 0 radical (unpaired) electrons. The van der Waals surface area contributed by atoms with Gasteiger partial charge in [-0.2, -0.15) is 10.2 Å². The van der Waals surface area contributed by atoms with Crippen LogP contribution in [0.4, 0.5) is 22.7 Å². The number of amides is 5. The molecule has 0 spiro atoms. The molecule has 68 heavy (non-hydrogen) atoms. The van der Waals surface area contributed by atoms with Crippen LogP contribution in [-0.2, 0) is 22.4 Å². The van der Waals surface area contributed by atoms with E-state index < -0.39 is 11.9 Å². The fraction of sp³-hybridized carbons (Fsp3) is 0.280. The van der Waals surface area contributed by atoms with Crippen molar-refractivity contribution in [1.82, 2.24) is 19.6 Å². The highest BCUT2D eigenvalue weighted by Crippen LogP contribution is 2.33. The van der Waals surface area contributed by atoms with Crippen molar-refractivity contribution in [1.29, 1.82) is 0 Å². The third-order valence-corrected chi connectivity index (χ3v) is 12.7. The molecule has 3 N–H and O–H groups in total. The van der Waals surface area contributed by atoms with Crippen molar-refractivity contribution < 1.29 is 43.3 Å². The van der Waals surface area contributed by atoms with Gasteiger partial charge in [0.25, 0.3) is 17.7 Å². The summed E-state index contributed by atoms with van der Waals surface area (Å²) in [5.74, 6) is -0.871. The summed E-state index contributed by atoms with van der Waals surface area (Å²) in [4.78, 5) is 82.5. The van der Waals surface area contributed by atoms with Gasteiger partial charge in [-0.25, -0.2) is 14.2 Å². The molecule has 0 unspecified atom stereocenters. The zero-order valence-corrected chi connectivity index (χ0v) is 37.6. The number of carbonyl (C=O) groups excluding carboxylic acids is 5. The van der Waals surface area contributed by atoms with Crippen molar-refractivity contribution in [2.45, 2.75) is 51.4 Å². The number of rotatable bonds is 10. The van der Waals surface area contributed by atoms with Crippen LogP contribution in [0.5, 0.6) is 11.5 Å². The number of nitrogens with two attached hydrogens (primary N) is 1. The van der Waals surface area contributed by atoms with Crippen LogP contribution in [0.3, 0.4) is 0 Å². The number of carbonyl (C=O) groups is 6. The largest absolute Gasteiger partial charge is 0.497 e. The van der Waals surface area contributed by atoms with Gasteiger partial charge in [0.1, 0.15) is 22.9 Å². The first-order chi connectivity index (χ1) is 32.9. The number of piperidine rings is 2. The molecule has 348 valence electrons. The minimum absolute atomic E-state index is 0.109. The van der Waals surface area contributed by atoms with Crippen molar-refractivity contribution in [2.75, 3.05) is 60.0 Å². The van der Waals surface area contributed by atoms with Crippen LogP contribution in [0.2, 0.25) is 0 Å².